The maximum absolute atomic E-state index is 11.9. The van der Waals surface area contributed by atoms with Crippen molar-refractivity contribution < 1.29 is 4.79 Å². The molecule has 88 valence electrons. The topological polar surface area (TPSA) is 32.3 Å². The Morgan fingerprint density at radius 1 is 1.35 bits per heavy atom. The molecular formula is C13H13BrN2O. The summed E-state index contributed by atoms with van der Waals surface area (Å²) in [5.41, 5.74) is 1.68. The molecule has 0 aliphatic carbocycles. The normalized spacial score (nSPS) is 17.5. The van der Waals surface area contributed by atoms with E-state index in [0.717, 1.165) is 10.0 Å². The minimum absolute atomic E-state index is 0.0168. The van der Waals surface area contributed by atoms with Crippen molar-refractivity contribution in [2.24, 2.45) is 0 Å². The lowest BCUT2D eigenvalue weighted by molar-refractivity contribution is 0.204. The Kier molecular flexibility index (Phi) is 3.33. The fourth-order valence-corrected chi connectivity index (χ4v) is 2.01. The van der Waals surface area contributed by atoms with E-state index in [-0.39, 0.29) is 12.1 Å². The smallest absolute Gasteiger partial charge is 0.307 e. The first kappa shape index (κ1) is 11.9. The Balaban J connectivity index is 2.29. The number of carbonyl (C=O) groups excluding carboxylic acids is 1. The molecule has 1 aliphatic heterocycles. The molecule has 1 aromatic carbocycles. The third-order valence-electron chi connectivity index (χ3n) is 2.73. The number of hydrogen-bond donors (Lipinski definition) is 1. The number of amides is 2. The van der Waals surface area contributed by atoms with Crippen molar-refractivity contribution in [2.75, 3.05) is 0 Å². The summed E-state index contributed by atoms with van der Waals surface area (Å²) >= 11 is 3.37. The molecule has 17 heavy (non-hydrogen) atoms. The number of urea groups is 1. The largest absolute Gasteiger partial charge is 0.326 e. The van der Waals surface area contributed by atoms with Crippen LogP contribution in [0.25, 0.3) is 0 Å². The average molecular weight is 293 g/mol. The molecule has 1 N–H and O–H groups in total. The van der Waals surface area contributed by atoms with E-state index in [4.69, 9.17) is 0 Å². The highest BCUT2D eigenvalue weighted by Gasteiger charge is 2.24. The number of hydrogen-bond acceptors (Lipinski definition) is 1. The number of benzene rings is 1. The molecular weight excluding hydrogens is 280 g/mol. The molecule has 1 atom stereocenters. The van der Waals surface area contributed by atoms with Gasteiger partial charge in [-0.05, 0) is 28.4 Å². The minimum Gasteiger partial charge on any atom is -0.307 e. The predicted molar refractivity (Wildman–Crippen MR) is 71.4 cm³/mol. The quantitative estimate of drug-likeness (QED) is 0.889. The monoisotopic (exact) mass is 292 g/mol. The Morgan fingerprint density at radius 2 is 2.00 bits per heavy atom. The number of nitrogens with zero attached hydrogens (tertiary/aromatic N) is 1. The van der Waals surface area contributed by atoms with E-state index < -0.39 is 0 Å². The summed E-state index contributed by atoms with van der Waals surface area (Å²) in [6.07, 6.45) is 1.76. The summed E-state index contributed by atoms with van der Waals surface area (Å²) in [4.78, 5) is 13.5. The lowest BCUT2D eigenvalue weighted by Crippen LogP contribution is -2.40. The Labute approximate surface area is 109 Å². The molecule has 0 radical (unpaired) electrons. The fourth-order valence-electron chi connectivity index (χ4n) is 1.69. The van der Waals surface area contributed by atoms with E-state index in [1.165, 1.54) is 0 Å². The molecule has 0 saturated heterocycles. The van der Waals surface area contributed by atoms with Crippen LogP contribution in [0.15, 0.2) is 53.3 Å². The zero-order chi connectivity index (χ0) is 12.4. The van der Waals surface area contributed by atoms with Crippen LogP contribution in [0.5, 0.6) is 0 Å². The molecule has 0 aromatic heterocycles. The summed E-state index contributed by atoms with van der Waals surface area (Å²) in [5.74, 6) is 0. The maximum atomic E-state index is 11.9. The van der Waals surface area contributed by atoms with Crippen molar-refractivity contribution in [3.63, 3.8) is 0 Å². The average Bonchev–Trinajstić information content (AvgIpc) is 2.34. The number of carbonyl (C=O) groups is 1. The van der Waals surface area contributed by atoms with Gasteiger partial charge in [0.1, 0.15) is 0 Å². The second-order valence-electron chi connectivity index (χ2n) is 3.88. The van der Waals surface area contributed by atoms with Crippen LogP contribution in [0.4, 0.5) is 4.79 Å². The molecule has 1 unspecified atom stereocenters. The summed E-state index contributed by atoms with van der Waals surface area (Å²) in [6.45, 7) is 5.72. The highest BCUT2D eigenvalue weighted by atomic mass is 79.9. The summed E-state index contributed by atoms with van der Waals surface area (Å²) in [7, 11) is 0. The van der Waals surface area contributed by atoms with Crippen molar-refractivity contribution >= 4 is 22.0 Å². The highest BCUT2D eigenvalue weighted by Crippen LogP contribution is 2.27. The first-order valence-electron chi connectivity index (χ1n) is 5.30. The van der Waals surface area contributed by atoms with Gasteiger partial charge in [-0.3, -0.25) is 4.90 Å². The van der Waals surface area contributed by atoms with Crippen LogP contribution in [0.2, 0.25) is 0 Å². The van der Waals surface area contributed by atoms with Crippen molar-refractivity contribution in [3.05, 3.63) is 58.9 Å². The number of allylic oxidation sites excluding steroid dienone is 1. The van der Waals surface area contributed by atoms with Gasteiger partial charge in [0.15, 0.2) is 0 Å². The first-order valence-corrected chi connectivity index (χ1v) is 6.10. The van der Waals surface area contributed by atoms with E-state index in [2.05, 4.69) is 27.8 Å². The van der Waals surface area contributed by atoms with Crippen LogP contribution in [0.3, 0.4) is 0 Å². The number of halogens is 1. The van der Waals surface area contributed by atoms with Crippen molar-refractivity contribution in [1.82, 2.24) is 10.2 Å². The van der Waals surface area contributed by atoms with Gasteiger partial charge >= 0.3 is 6.03 Å². The summed E-state index contributed by atoms with van der Waals surface area (Å²) in [6, 6.07) is 9.72. The molecule has 2 rings (SSSR count). The number of rotatable bonds is 2. The molecule has 0 spiro atoms. The van der Waals surface area contributed by atoms with E-state index >= 15 is 0 Å². The second kappa shape index (κ2) is 4.75. The molecule has 0 bridgehead atoms. The third kappa shape index (κ3) is 2.42. The van der Waals surface area contributed by atoms with Gasteiger partial charge in [0.25, 0.3) is 0 Å². The van der Waals surface area contributed by atoms with Gasteiger partial charge < -0.3 is 5.32 Å². The second-order valence-corrected chi connectivity index (χ2v) is 4.73. The minimum atomic E-state index is -0.158. The van der Waals surface area contributed by atoms with E-state index in [0.29, 0.717) is 5.70 Å². The molecule has 1 aromatic rings. The van der Waals surface area contributed by atoms with Gasteiger partial charge in [0.05, 0.1) is 16.2 Å². The molecule has 2 amide bonds. The van der Waals surface area contributed by atoms with E-state index in [9.17, 15) is 4.79 Å². The third-order valence-corrected chi connectivity index (χ3v) is 3.42. The van der Waals surface area contributed by atoms with Crippen LogP contribution in [0, 0.1) is 0 Å². The van der Waals surface area contributed by atoms with E-state index in [1.807, 2.05) is 37.3 Å². The van der Waals surface area contributed by atoms with Crippen LogP contribution in [-0.4, -0.2) is 10.9 Å². The molecule has 3 nitrogen and oxygen atoms in total. The van der Waals surface area contributed by atoms with Crippen molar-refractivity contribution in [2.45, 2.75) is 13.0 Å². The Bertz CT molecular complexity index is 481. The fraction of sp³-hybridized carbons (Fsp3) is 0.154. The zero-order valence-electron chi connectivity index (χ0n) is 9.48. The molecule has 1 heterocycles. The summed E-state index contributed by atoms with van der Waals surface area (Å²) in [5, 5.41) is 2.71. The van der Waals surface area contributed by atoms with Crippen LogP contribution in [0.1, 0.15) is 18.5 Å². The molecule has 1 aliphatic rings. The summed E-state index contributed by atoms with van der Waals surface area (Å²) < 4.78 is 0.792. The molecule has 0 saturated carbocycles. The standard InChI is InChI=1S/C13H13BrN2O/c1-9-12(14)8-16(13(17)15-9)10(2)11-6-4-3-5-7-11/h3-8,10H,1H2,2H3,(H,15,17). The van der Waals surface area contributed by atoms with Crippen molar-refractivity contribution in [3.8, 4) is 0 Å². The van der Waals surface area contributed by atoms with Crippen molar-refractivity contribution in [1.29, 1.82) is 0 Å². The zero-order valence-corrected chi connectivity index (χ0v) is 11.1. The van der Waals surface area contributed by atoms with Crippen LogP contribution < -0.4 is 5.32 Å². The lowest BCUT2D eigenvalue weighted by Gasteiger charge is -2.30. The first-order chi connectivity index (χ1) is 8.09. The Hall–Kier alpha value is -1.55. The van der Waals surface area contributed by atoms with Gasteiger partial charge in [-0.1, -0.05) is 36.9 Å². The SMILES string of the molecule is C=C1NC(=O)N(C(C)c2ccccc2)C=C1Br. The van der Waals surface area contributed by atoms with E-state index in [1.54, 1.807) is 11.1 Å². The predicted octanol–water partition coefficient (Wildman–Crippen LogP) is 3.52. The van der Waals surface area contributed by atoms with Gasteiger partial charge in [-0.2, -0.15) is 0 Å². The maximum Gasteiger partial charge on any atom is 0.326 e. The molecule has 0 fully saturated rings. The van der Waals surface area contributed by atoms with Gasteiger partial charge in [-0.15, -0.1) is 0 Å². The van der Waals surface area contributed by atoms with Gasteiger partial charge in [-0.25, -0.2) is 4.79 Å². The Morgan fingerprint density at radius 3 is 2.65 bits per heavy atom. The lowest BCUT2D eigenvalue weighted by atomic mass is 10.1. The highest BCUT2D eigenvalue weighted by molar-refractivity contribution is 9.12. The number of nitrogens with one attached hydrogen (secondary N) is 1. The molecule has 4 heteroatoms. The van der Waals surface area contributed by atoms with Crippen LogP contribution >= 0.6 is 15.9 Å². The van der Waals surface area contributed by atoms with Gasteiger partial charge in [0, 0.05) is 6.20 Å². The van der Waals surface area contributed by atoms with Crippen LogP contribution in [-0.2, 0) is 0 Å². The van der Waals surface area contributed by atoms with Gasteiger partial charge in [0.2, 0.25) is 0 Å².